The summed E-state index contributed by atoms with van der Waals surface area (Å²) in [5.41, 5.74) is 1.49. The fourth-order valence-electron chi connectivity index (χ4n) is 4.76. The molecule has 1 aliphatic heterocycles. The van der Waals surface area contributed by atoms with E-state index in [0.717, 1.165) is 38.0 Å². The van der Waals surface area contributed by atoms with Crippen LogP contribution in [0.3, 0.4) is 0 Å². The van der Waals surface area contributed by atoms with Gasteiger partial charge < -0.3 is 14.6 Å². The first kappa shape index (κ1) is 23.0. The van der Waals surface area contributed by atoms with Crippen molar-refractivity contribution < 1.29 is 24.2 Å². The fraction of sp³-hybridized carbons (Fsp3) is 0.462. The van der Waals surface area contributed by atoms with E-state index < -0.39 is 29.6 Å². The summed E-state index contributed by atoms with van der Waals surface area (Å²) in [4.78, 5) is 25.3. The number of ether oxygens (including phenoxy) is 2. The van der Waals surface area contributed by atoms with Crippen LogP contribution in [0, 0.1) is 23.7 Å². The normalized spacial score (nSPS) is 26.6. The molecule has 1 saturated heterocycles. The van der Waals surface area contributed by atoms with Crippen molar-refractivity contribution in [3.8, 4) is 0 Å². The molecule has 0 radical (unpaired) electrons. The van der Waals surface area contributed by atoms with Gasteiger partial charge in [-0.05, 0) is 37.7 Å². The minimum absolute atomic E-state index is 0.330. The lowest BCUT2D eigenvalue weighted by Gasteiger charge is -2.49. The molecule has 5 nitrogen and oxygen atoms in total. The summed E-state index contributed by atoms with van der Waals surface area (Å²) in [6.07, 6.45) is 10.2. The average Bonchev–Trinajstić information content (AvgIpc) is 2.74. The van der Waals surface area contributed by atoms with Gasteiger partial charge in [0.15, 0.2) is 0 Å². The molecule has 2 aliphatic rings. The highest BCUT2D eigenvalue weighted by molar-refractivity contribution is 5.84. The highest BCUT2D eigenvalue weighted by Gasteiger charge is 2.59. The van der Waals surface area contributed by atoms with E-state index in [0.29, 0.717) is 18.1 Å². The molecule has 1 saturated carbocycles. The molecule has 3 rings (SSSR count). The van der Waals surface area contributed by atoms with E-state index in [1.165, 1.54) is 0 Å². The molecule has 0 bridgehead atoms. The summed E-state index contributed by atoms with van der Waals surface area (Å²) in [6, 6.07) is 9.40. The van der Waals surface area contributed by atoms with E-state index in [1.54, 1.807) is 6.08 Å². The minimum atomic E-state index is -0.911. The Morgan fingerprint density at radius 1 is 1.13 bits per heavy atom. The highest BCUT2D eigenvalue weighted by atomic mass is 16.5. The standard InChI is InChI=1S/C26H32O5/c1-3-4-6-9-18(2)21-23(25(27)28)22(20-10-7-5-8-11-20)24(21)26(29)31-17-14-19-12-15-30-16-13-19/h3-11,19,21-24H,2,12-17H2,1H3,(H,27,28)/b4-3-,9-6-/t21-,22-,23-,24-/m0/s1. The highest BCUT2D eigenvalue weighted by Crippen LogP contribution is 2.56. The van der Waals surface area contributed by atoms with Crippen molar-refractivity contribution in [2.75, 3.05) is 19.8 Å². The topological polar surface area (TPSA) is 72.8 Å². The molecule has 1 heterocycles. The fourth-order valence-corrected chi connectivity index (χ4v) is 4.76. The van der Waals surface area contributed by atoms with Gasteiger partial charge >= 0.3 is 11.9 Å². The minimum Gasteiger partial charge on any atom is -0.481 e. The number of hydrogen-bond donors (Lipinski definition) is 1. The monoisotopic (exact) mass is 424 g/mol. The van der Waals surface area contributed by atoms with Crippen LogP contribution in [0.2, 0.25) is 0 Å². The van der Waals surface area contributed by atoms with Crippen LogP contribution in [-0.2, 0) is 19.1 Å². The number of aliphatic carboxylic acids is 1. The molecule has 1 aromatic rings. The Morgan fingerprint density at radius 3 is 2.48 bits per heavy atom. The number of allylic oxidation sites excluding steroid dienone is 5. The maximum absolute atomic E-state index is 13.1. The summed E-state index contributed by atoms with van der Waals surface area (Å²) in [5.74, 6) is -2.91. The van der Waals surface area contributed by atoms with Crippen LogP contribution in [0.15, 0.2) is 66.8 Å². The summed E-state index contributed by atoms with van der Waals surface area (Å²) in [5, 5.41) is 9.96. The molecule has 1 aliphatic carbocycles. The molecule has 1 N–H and O–H groups in total. The van der Waals surface area contributed by atoms with Crippen molar-refractivity contribution in [3.05, 3.63) is 72.4 Å². The zero-order valence-electron chi connectivity index (χ0n) is 18.1. The molecule has 1 aromatic carbocycles. The average molecular weight is 425 g/mol. The van der Waals surface area contributed by atoms with Gasteiger partial charge in [0.05, 0.1) is 18.4 Å². The molecular formula is C26H32O5. The zero-order valence-corrected chi connectivity index (χ0v) is 18.1. The molecule has 4 atom stereocenters. The lowest BCUT2D eigenvalue weighted by atomic mass is 9.52. The molecule has 0 amide bonds. The second-order valence-electron chi connectivity index (χ2n) is 8.32. The van der Waals surface area contributed by atoms with Crippen LogP contribution >= 0.6 is 0 Å². The molecule has 166 valence electrons. The Bertz CT molecular complexity index is 819. The van der Waals surface area contributed by atoms with Crippen molar-refractivity contribution in [1.82, 2.24) is 0 Å². The van der Waals surface area contributed by atoms with Gasteiger partial charge in [0.1, 0.15) is 0 Å². The summed E-state index contributed by atoms with van der Waals surface area (Å²) in [6.45, 7) is 7.87. The van der Waals surface area contributed by atoms with Crippen LogP contribution in [0.5, 0.6) is 0 Å². The first-order valence-electron chi connectivity index (χ1n) is 11.0. The molecule has 2 fully saturated rings. The number of carbonyl (C=O) groups is 2. The SMILES string of the molecule is C=C(/C=C\C=C/C)[C@H]1[C@H](C(=O)O)[C@H](c2ccccc2)[C@H]1C(=O)OCCC1CCOCC1. The first-order valence-corrected chi connectivity index (χ1v) is 11.0. The second-order valence-corrected chi connectivity index (χ2v) is 8.32. The van der Waals surface area contributed by atoms with Gasteiger partial charge in [-0.1, -0.05) is 66.8 Å². The number of benzene rings is 1. The number of carbonyl (C=O) groups excluding carboxylic acids is 1. The van der Waals surface area contributed by atoms with Crippen molar-refractivity contribution in [2.45, 2.75) is 32.1 Å². The lowest BCUT2D eigenvalue weighted by molar-refractivity contribution is -0.167. The number of carboxylic acids is 1. The van der Waals surface area contributed by atoms with Gasteiger partial charge in [-0.15, -0.1) is 0 Å². The third-order valence-corrected chi connectivity index (χ3v) is 6.44. The van der Waals surface area contributed by atoms with Gasteiger partial charge in [-0.2, -0.15) is 0 Å². The smallest absolute Gasteiger partial charge is 0.310 e. The third kappa shape index (κ3) is 5.53. The predicted octanol–water partition coefficient (Wildman–Crippen LogP) is 4.77. The van der Waals surface area contributed by atoms with Crippen LogP contribution < -0.4 is 0 Å². The summed E-state index contributed by atoms with van der Waals surface area (Å²) < 4.78 is 11.1. The van der Waals surface area contributed by atoms with E-state index in [2.05, 4.69) is 6.58 Å². The van der Waals surface area contributed by atoms with E-state index in [9.17, 15) is 14.7 Å². The summed E-state index contributed by atoms with van der Waals surface area (Å²) >= 11 is 0. The van der Waals surface area contributed by atoms with Crippen LogP contribution in [0.4, 0.5) is 0 Å². The van der Waals surface area contributed by atoms with Gasteiger partial charge in [0.25, 0.3) is 0 Å². The molecule has 0 spiro atoms. The number of carboxylic acid groups (broad SMARTS) is 1. The van der Waals surface area contributed by atoms with E-state index in [-0.39, 0.29) is 5.97 Å². The molecular weight excluding hydrogens is 392 g/mol. The second kappa shape index (κ2) is 11.1. The maximum atomic E-state index is 13.1. The third-order valence-electron chi connectivity index (χ3n) is 6.44. The van der Waals surface area contributed by atoms with E-state index >= 15 is 0 Å². The van der Waals surface area contributed by atoms with Crippen LogP contribution in [0.1, 0.15) is 37.7 Å². The van der Waals surface area contributed by atoms with Crippen LogP contribution in [0.25, 0.3) is 0 Å². The van der Waals surface area contributed by atoms with E-state index in [1.807, 2.05) is 55.5 Å². The Balaban J connectivity index is 1.77. The van der Waals surface area contributed by atoms with Crippen molar-refractivity contribution in [2.24, 2.45) is 23.7 Å². The largest absolute Gasteiger partial charge is 0.481 e. The molecule has 0 unspecified atom stereocenters. The molecule has 31 heavy (non-hydrogen) atoms. The van der Waals surface area contributed by atoms with Crippen molar-refractivity contribution in [3.63, 3.8) is 0 Å². The Kier molecular flexibility index (Phi) is 8.24. The molecule has 5 heteroatoms. The Labute approximate surface area is 184 Å². The number of hydrogen-bond acceptors (Lipinski definition) is 4. The van der Waals surface area contributed by atoms with Crippen LogP contribution in [-0.4, -0.2) is 36.9 Å². The number of rotatable bonds is 9. The lowest BCUT2D eigenvalue weighted by Crippen LogP contribution is -2.53. The van der Waals surface area contributed by atoms with E-state index in [4.69, 9.17) is 9.47 Å². The van der Waals surface area contributed by atoms with Crippen molar-refractivity contribution in [1.29, 1.82) is 0 Å². The first-order chi connectivity index (χ1) is 15.0. The summed E-state index contributed by atoms with van der Waals surface area (Å²) in [7, 11) is 0. The van der Waals surface area contributed by atoms with Gasteiger partial charge in [0, 0.05) is 25.0 Å². The Morgan fingerprint density at radius 2 is 1.84 bits per heavy atom. The zero-order chi connectivity index (χ0) is 22.2. The van der Waals surface area contributed by atoms with Crippen molar-refractivity contribution >= 4 is 11.9 Å². The predicted molar refractivity (Wildman–Crippen MR) is 120 cm³/mol. The van der Waals surface area contributed by atoms with Gasteiger partial charge in [-0.3, -0.25) is 9.59 Å². The number of esters is 1. The van der Waals surface area contributed by atoms with Gasteiger partial charge in [-0.25, -0.2) is 0 Å². The van der Waals surface area contributed by atoms with Gasteiger partial charge in [0.2, 0.25) is 0 Å². The Hall–Kier alpha value is -2.66. The molecule has 0 aromatic heterocycles. The maximum Gasteiger partial charge on any atom is 0.310 e. The quantitative estimate of drug-likeness (QED) is 0.457.